The standard InChI is InChI=1S/C13H22F3NO2/c1-2-3-4-10-5-7-11(8-6-10)12(18)17-19-9-13(14,15)16/h10-11H,2-9H2,1H3,(H,17,18). The molecule has 1 aliphatic rings. The van der Waals surface area contributed by atoms with E-state index < -0.39 is 18.7 Å². The van der Waals surface area contributed by atoms with Crippen LogP contribution < -0.4 is 5.48 Å². The Kier molecular flexibility index (Phi) is 6.62. The van der Waals surface area contributed by atoms with Gasteiger partial charge in [0, 0.05) is 5.92 Å². The number of amides is 1. The van der Waals surface area contributed by atoms with Gasteiger partial charge in [0.2, 0.25) is 5.91 Å². The van der Waals surface area contributed by atoms with Gasteiger partial charge in [-0.05, 0) is 31.6 Å². The second-order valence-electron chi connectivity index (χ2n) is 5.23. The molecule has 0 aromatic carbocycles. The van der Waals surface area contributed by atoms with Crippen LogP contribution in [0.15, 0.2) is 0 Å². The van der Waals surface area contributed by atoms with Crippen molar-refractivity contribution in [2.45, 2.75) is 58.0 Å². The summed E-state index contributed by atoms with van der Waals surface area (Å²) < 4.78 is 35.5. The first-order chi connectivity index (χ1) is 8.92. The number of rotatable bonds is 6. The predicted molar refractivity (Wildman–Crippen MR) is 65.1 cm³/mol. The Bertz CT molecular complexity index is 274. The van der Waals surface area contributed by atoms with Gasteiger partial charge in [0.1, 0.15) is 0 Å². The molecular formula is C13H22F3NO2. The fraction of sp³-hybridized carbons (Fsp3) is 0.923. The van der Waals surface area contributed by atoms with E-state index >= 15 is 0 Å². The summed E-state index contributed by atoms with van der Waals surface area (Å²) in [6.07, 6.45) is 2.61. The lowest BCUT2D eigenvalue weighted by molar-refractivity contribution is -0.193. The molecule has 1 amide bonds. The molecule has 1 N–H and O–H groups in total. The molecule has 0 atom stereocenters. The molecule has 0 bridgehead atoms. The van der Waals surface area contributed by atoms with Gasteiger partial charge >= 0.3 is 6.18 Å². The molecule has 0 radical (unpaired) electrons. The van der Waals surface area contributed by atoms with Crippen molar-refractivity contribution in [1.29, 1.82) is 0 Å². The van der Waals surface area contributed by atoms with Crippen LogP contribution in [0.4, 0.5) is 13.2 Å². The molecule has 1 saturated carbocycles. The van der Waals surface area contributed by atoms with Crippen LogP contribution >= 0.6 is 0 Å². The van der Waals surface area contributed by atoms with Crippen molar-refractivity contribution < 1.29 is 22.8 Å². The summed E-state index contributed by atoms with van der Waals surface area (Å²) in [6.45, 7) is 0.710. The second kappa shape index (κ2) is 7.72. The topological polar surface area (TPSA) is 38.3 Å². The van der Waals surface area contributed by atoms with Crippen LogP contribution in [0.1, 0.15) is 51.9 Å². The number of halogens is 3. The van der Waals surface area contributed by atoms with Crippen molar-refractivity contribution in [3.63, 3.8) is 0 Å². The largest absolute Gasteiger partial charge is 0.414 e. The smallest absolute Gasteiger partial charge is 0.273 e. The van der Waals surface area contributed by atoms with Gasteiger partial charge < -0.3 is 0 Å². The molecule has 3 nitrogen and oxygen atoms in total. The first-order valence-electron chi connectivity index (χ1n) is 6.90. The van der Waals surface area contributed by atoms with Crippen molar-refractivity contribution in [3.05, 3.63) is 0 Å². The van der Waals surface area contributed by atoms with Gasteiger partial charge in [-0.25, -0.2) is 5.48 Å². The predicted octanol–water partition coefficient (Wildman–Crippen LogP) is 3.59. The van der Waals surface area contributed by atoms with Crippen LogP contribution in [-0.4, -0.2) is 18.7 Å². The maximum absolute atomic E-state index is 11.8. The van der Waals surface area contributed by atoms with Crippen molar-refractivity contribution in [3.8, 4) is 0 Å². The Balaban J connectivity index is 2.18. The molecule has 0 aliphatic heterocycles. The summed E-state index contributed by atoms with van der Waals surface area (Å²) in [5, 5.41) is 0. The number of carbonyl (C=O) groups is 1. The third kappa shape index (κ3) is 6.80. The first kappa shape index (κ1) is 16.3. The Morgan fingerprint density at radius 1 is 1.26 bits per heavy atom. The summed E-state index contributed by atoms with van der Waals surface area (Å²) in [5.41, 5.74) is 1.91. The minimum atomic E-state index is -4.41. The molecule has 1 aliphatic carbocycles. The molecule has 1 rings (SSSR count). The van der Waals surface area contributed by atoms with Gasteiger partial charge in [0.15, 0.2) is 6.61 Å². The zero-order valence-corrected chi connectivity index (χ0v) is 11.3. The average Bonchev–Trinajstić information content (AvgIpc) is 2.35. The van der Waals surface area contributed by atoms with Crippen molar-refractivity contribution in [2.24, 2.45) is 11.8 Å². The van der Waals surface area contributed by atoms with Crippen molar-refractivity contribution >= 4 is 5.91 Å². The maximum Gasteiger partial charge on any atom is 0.414 e. The number of hydrogen-bond acceptors (Lipinski definition) is 2. The fourth-order valence-electron chi connectivity index (χ4n) is 2.48. The summed E-state index contributed by atoms with van der Waals surface area (Å²) in [5.74, 6) is 0.0457. The van der Waals surface area contributed by atoms with E-state index in [1.165, 1.54) is 19.3 Å². The van der Waals surface area contributed by atoms with E-state index in [1.807, 2.05) is 5.48 Å². The molecule has 1 fully saturated rings. The van der Waals surface area contributed by atoms with Gasteiger partial charge in [0.05, 0.1) is 0 Å². The Morgan fingerprint density at radius 3 is 2.42 bits per heavy atom. The average molecular weight is 281 g/mol. The summed E-state index contributed by atoms with van der Waals surface area (Å²) in [7, 11) is 0. The zero-order chi connectivity index (χ0) is 14.3. The van der Waals surface area contributed by atoms with E-state index in [1.54, 1.807) is 0 Å². The molecule has 0 heterocycles. The Labute approximate surface area is 111 Å². The Morgan fingerprint density at radius 2 is 1.89 bits per heavy atom. The second-order valence-corrected chi connectivity index (χ2v) is 5.23. The highest BCUT2D eigenvalue weighted by atomic mass is 19.4. The van der Waals surface area contributed by atoms with Crippen LogP contribution in [0.25, 0.3) is 0 Å². The molecular weight excluding hydrogens is 259 g/mol. The molecule has 0 aromatic heterocycles. The van der Waals surface area contributed by atoms with E-state index in [0.29, 0.717) is 5.92 Å². The van der Waals surface area contributed by atoms with Crippen LogP contribution in [0.2, 0.25) is 0 Å². The van der Waals surface area contributed by atoms with Crippen LogP contribution in [0, 0.1) is 11.8 Å². The highest BCUT2D eigenvalue weighted by Crippen LogP contribution is 2.31. The first-order valence-corrected chi connectivity index (χ1v) is 6.90. The minimum absolute atomic E-state index is 0.203. The highest BCUT2D eigenvalue weighted by Gasteiger charge is 2.30. The molecule has 0 saturated heterocycles. The van der Waals surface area contributed by atoms with E-state index in [0.717, 1.165) is 25.7 Å². The SMILES string of the molecule is CCCCC1CCC(C(=O)NOCC(F)(F)F)CC1. The minimum Gasteiger partial charge on any atom is -0.273 e. The highest BCUT2D eigenvalue weighted by molar-refractivity contribution is 5.77. The number of carbonyl (C=O) groups excluding carboxylic acids is 1. The van der Waals surface area contributed by atoms with Gasteiger partial charge in [-0.3, -0.25) is 9.63 Å². The maximum atomic E-state index is 11.8. The van der Waals surface area contributed by atoms with E-state index in [2.05, 4.69) is 11.8 Å². The summed E-state index contributed by atoms with van der Waals surface area (Å²) in [6, 6.07) is 0. The zero-order valence-electron chi connectivity index (χ0n) is 11.3. The van der Waals surface area contributed by atoms with Gasteiger partial charge in [0.25, 0.3) is 0 Å². The van der Waals surface area contributed by atoms with Gasteiger partial charge in [-0.1, -0.05) is 26.2 Å². The lowest BCUT2D eigenvalue weighted by Gasteiger charge is -2.27. The lowest BCUT2D eigenvalue weighted by Crippen LogP contribution is -2.35. The molecule has 112 valence electrons. The lowest BCUT2D eigenvalue weighted by atomic mass is 9.79. The quantitative estimate of drug-likeness (QED) is 0.755. The monoisotopic (exact) mass is 281 g/mol. The molecule has 0 spiro atoms. The number of unbranched alkanes of at least 4 members (excludes halogenated alkanes) is 1. The third-order valence-electron chi connectivity index (χ3n) is 3.59. The summed E-state index contributed by atoms with van der Waals surface area (Å²) in [4.78, 5) is 15.8. The third-order valence-corrected chi connectivity index (χ3v) is 3.59. The van der Waals surface area contributed by atoms with E-state index in [9.17, 15) is 18.0 Å². The van der Waals surface area contributed by atoms with E-state index in [-0.39, 0.29) is 5.92 Å². The van der Waals surface area contributed by atoms with Gasteiger partial charge in [-0.15, -0.1) is 0 Å². The van der Waals surface area contributed by atoms with Crippen LogP contribution in [0.5, 0.6) is 0 Å². The number of hydroxylamine groups is 1. The normalized spacial score (nSPS) is 24.2. The van der Waals surface area contributed by atoms with Crippen molar-refractivity contribution in [1.82, 2.24) is 5.48 Å². The molecule has 19 heavy (non-hydrogen) atoms. The number of hydrogen-bond donors (Lipinski definition) is 1. The number of nitrogens with one attached hydrogen (secondary N) is 1. The fourth-order valence-corrected chi connectivity index (χ4v) is 2.48. The molecule has 0 unspecified atom stereocenters. The molecule has 0 aromatic rings. The van der Waals surface area contributed by atoms with Crippen LogP contribution in [0.3, 0.4) is 0 Å². The summed E-state index contributed by atoms with van der Waals surface area (Å²) >= 11 is 0. The van der Waals surface area contributed by atoms with Crippen molar-refractivity contribution in [2.75, 3.05) is 6.61 Å². The Hall–Kier alpha value is -0.780. The van der Waals surface area contributed by atoms with Crippen LogP contribution in [-0.2, 0) is 9.63 Å². The molecule has 6 heteroatoms. The van der Waals surface area contributed by atoms with Gasteiger partial charge in [-0.2, -0.15) is 13.2 Å². The number of alkyl halides is 3. The van der Waals surface area contributed by atoms with E-state index in [4.69, 9.17) is 0 Å².